The van der Waals surface area contributed by atoms with E-state index >= 15 is 0 Å². The number of nitrogens with zero attached hydrogens (tertiary/aromatic N) is 5. The Balaban J connectivity index is 1.65. The minimum atomic E-state index is -0.618. The molecule has 1 N–H and O–H groups in total. The molecule has 0 unspecified atom stereocenters. The summed E-state index contributed by atoms with van der Waals surface area (Å²) in [5, 5.41) is 13.8. The fraction of sp³-hybridized carbons (Fsp3) is 0.318. The van der Waals surface area contributed by atoms with Crippen LogP contribution in [0.2, 0.25) is 0 Å². The third kappa shape index (κ3) is 3.36. The molecule has 5 rings (SSSR count). The summed E-state index contributed by atoms with van der Waals surface area (Å²) in [6, 6.07) is 11.0. The van der Waals surface area contributed by atoms with Crippen molar-refractivity contribution in [3.05, 3.63) is 62.8 Å². The van der Waals surface area contributed by atoms with Crippen LogP contribution in [0.3, 0.4) is 0 Å². The summed E-state index contributed by atoms with van der Waals surface area (Å²) in [4.78, 5) is 33.4. The molecule has 0 atom stereocenters. The predicted molar refractivity (Wildman–Crippen MR) is 113 cm³/mol. The monoisotopic (exact) mass is 419 g/mol. The minimum Gasteiger partial charge on any atom is -0.453 e. The van der Waals surface area contributed by atoms with Crippen molar-refractivity contribution in [1.29, 1.82) is 0 Å². The van der Waals surface area contributed by atoms with Gasteiger partial charge in [-0.15, -0.1) is 5.10 Å². The number of hydrogen-bond acceptors (Lipinski definition) is 7. The summed E-state index contributed by atoms with van der Waals surface area (Å²) < 4.78 is 8.62. The first kappa shape index (κ1) is 19.4. The zero-order valence-corrected chi connectivity index (χ0v) is 17.0. The smallest absolute Gasteiger partial charge is 0.352 e. The quantitative estimate of drug-likeness (QED) is 0.540. The van der Waals surface area contributed by atoms with E-state index in [1.807, 2.05) is 30.3 Å². The van der Waals surface area contributed by atoms with Crippen LogP contribution in [0.5, 0.6) is 0 Å². The van der Waals surface area contributed by atoms with Gasteiger partial charge in [-0.05, 0) is 30.5 Å². The lowest BCUT2D eigenvalue weighted by molar-refractivity contribution is 0.282. The Morgan fingerprint density at radius 2 is 1.74 bits per heavy atom. The summed E-state index contributed by atoms with van der Waals surface area (Å²) in [6.07, 6.45) is 3.93. The van der Waals surface area contributed by atoms with E-state index in [1.54, 1.807) is 10.7 Å². The topological polar surface area (TPSA) is 116 Å². The van der Waals surface area contributed by atoms with Crippen molar-refractivity contribution < 1.29 is 9.52 Å². The van der Waals surface area contributed by atoms with Crippen LogP contribution in [-0.2, 0) is 13.7 Å². The van der Waals surface area contributed by atoms with Crippen molar-refractivity contribution in [3.63, 3.8) is 0 Å². The van der Waals surface area contributed by atoms with Gasteiger partial charge in [-0.1, -0.05) is 37.1 Å². The molecule has 0 radical (unpaired) electrons. The number of benzene rings is 1. The van der Waals surface area contributed by atoms with E-state index in [-0.39, 0.29) is 30.0 Å². The third-order valence-electron chi connectivity index (χ3n) is 5.76. The first-order valence-corrected chi connectivity index (χ1v) is 10.2. The standard InChI is InChI=1S/C22H21N5O4/c1-26-21(29)18-20(24-22(26)30)27(15-4-2-3-5-15)25-19(23-18)17-11-10-16(31-17)14-8-6-13(12-28)7-9-14/h6-11,15,28H,2-5,12H2,1H3. The number of furan rings is 1. The Morgan fingerprint density at radius 3 is 2.45 bits per heavy atom. The SMILES string of the molecule is Cn1c(=O)nc2n(C3CCCC3)nc(-c3ccc(-c4ccc(CO)cc4)o3)nc-2c1=O. The van der Waals surface area contributed by atoms with Crippen molar-refractivity contribution in [2.45, 2.75) is 38.3 Å². The van der Waals surface area contributed by atoms with E-state index in [0.29, 0.717) is 11.5 Å². The molecule has 9 nitrogen and oxygen atoms in total. The molecule has 1 aliphatic carbocycles. The molecule has 1 aromatic heterocycles. The highest BCUT2D eigenvalue weighted by Crippen LogP contribution is 2.33. The Kier molecular flexibility index (Phi) is 4.74. The molecule has 3 aliphatic rings. The van der Waals surface area contributed by atoms with Crippen molar-refractivity contribution in [2.24, 2.45) is 7.05 Å². The fourth-order valence-electron chi connectivity index (χ4n) is 3.99. The van der Waals surface area contributed by atoms with E-state index in [9.17, 15) is 14.7 Å². The van der Waals surface area contributed by atoms with Crippen molar-refractivity contribution in [2.75, 3.05) is 0 Å². The average molecular weight is 419 g/mol. The molecule has 1 saturated carbocycles. The zero-order valence-electron chi connectivity index (χ0n) is 17.0. The summed E-state index contributed by atoms with van der Waals surface area (Å²) in [6.45, 7) is -0.0240. The minimum absolute atomic E-state index is 0.0240. The second-order valence-corrected chi connectivity index (χ2v) is 7.77. The number of hydrogen-bond donors (Lipinski definition) is 1. The molecule has 31 heavy (non-hydrogen) atoms. The van der Waals surface area contributed by atoms with Crippen LogP contribution in [0.4, 0.5) is 0 Å². The molecule has 9 heteroatoms. The summed E-state index contributed by atoms with van der Waals surface area (Å²) in [7, 11) is 1.39. The van der Waals surface area contributed by atoms with Gasteiger partial charge in [0.1, 0.15) is 5.76 Å². The Hall–Kier alpha value is -3.59. The maximum absolute atomic E-state index is 12.8. The van der Waals surface area contributed by atoms with Gasteiger partial charge in [-0.2, -0.15) is 4.98 Å². The first-order chi connectivity index (χ1) is 15.0. The Bertz CT molecular complexity index is 1330. The van der Waals surface area contributed by atoms with Crippen molar-refractivity contribution >= 4 is 0 Å². The normalized spacial score (nSPS) is 14.5. The van der Waals surface area contributed by atoms with Crippen molar-refractivity contribution in [1.82, 2.24) is 24.3 Å². The van der Waals surface area contributed by atoms with Crippen molar-refractivity contribution in [3.8, 4) is 34.4 Å². The van der Waals surface area contributed by atoms with Crippen LogP contribution in [0.15, 0.2) is 50.4 Å². The van der Waals surface area contributed by atoms with Gasteiger partial charge in [0, 0.05) is 12.6 Å². The molecule has 158 valence electrons. The number of aromatic nitrogens is 5. The van der Waals surface area contributed by atoms with E-state index in [2.05, 4.69) is 15.1 Å². The largest absolute Gasteiger partial charge is 0.453 e. The van der Waals surface area contributed by atoms with Crippen LogP contribution >= 0.6 is 0 Å². The molecule has 1 aromatic carbocycles. The fourth-order valence-corrected chi connectivity index (χ4v) is 3.99. The van der Waals surface area contributed by atoms with E-state index in [0.717, 1.165) is 41.4 Å². The summed E-state index contributed by atoms with van der Waals surface area (Å²) in [5.74, 6) is 1.53. The highest BCUT2D eigenvalue weighted by Gasteiger charge is 2.27. The lowest BCUT2D eigenvalue weighted by Gasteiger charge is -2.18. The maximum atomic E-state index is 12.8. The molecule has 0 saturated heterocycles. The lowest BCUT2D eigenvalue weighted by atomic mass is 10.1. The molecule has 1 fully saturated rings. The average Bonchev–Trinajstić information content (AvgIpc) is 3.50. The van der Waals surface area contributed by atoms with Crippen LogP contribution < -0.4 is 11.2 Å². The highest BCUT2D eigenvalue weighted by molar-refractivity contribution is 5.63. The van der Waals surface area contributed by atoms with E-state index < -0.39 is 11.2 Å². The van der Waals surface area contributed by atoms with Crippen LogP contribution in [0.25, 0.3) is 34.4 Å². The second kappa shape index (κ2) is 7.59. The van der Waals surface area contributed by atoms with Gasteiger partial charge in [0.05, 0.1) is 12.6 Å². The van der Waals surface area contributed by atoms with Gasteiger partial charge in [-0.25, -0.2) is 14.5 Å². The molecule has 0 spiro atoms. The third-order valence-corrected chi connectivity index (χ3v) is 5.76. The predicted octanol–water partition coefficient (Wildman–Crippen LogP) is 2.37. The van der Waals surface area contributed by atoms with Crippen LogP contribution in [0, 0.1) is 0 Å². The molecule has 2 aromatic rings. The first-order valence-electron chi connectivity index (χ1n) is 10.2. The van der Waals surface area contributed by atoms with Gasteiger partial charge >= 0.3 is 5.69 Å². The number of aliphatic hydroxyl groups excluding tert-OH is 1. The Labute approximate surface area is 177 Å². The lowest BCUT2D eigenvalue weighted by Crippen LogP contribution is -2.37. The van der Waals surface area contributed by atoms with Gasteiger partial charge < -0.3 is 9.52 Å². The van der Waals surface area contributed by atoms with E-state index in [1.165, 1.54) is 7.05 Å². The molecular weight excluding hydrogens is 398 g/mol. The molecule has 3 heterocycles. The van der Waals surface area contributed by atoms with Crippen LogP contribution in [-0.4, -0.2) is 29.4 Å². The zero-order chi connectivity index (χ0) is 21.5. The number of aliphatic hydroxyl groups is 1. The maximum Gasteiger partial charge on any atom is 0.352 e. The van der Waals surface area contributed by atoms with E-state index in [4.69, 9.17) is 4.42 Å². The molecule has 2 aliphatic heterocycles. The second-order valence-electron chi connectivity index (χ2n) is 7.77. The van der Waals surface area contributed by atoms with Gasteiger partial charge in [-0.3, -0.25) is 9.36 Å². The summed E-state index contributed by atoms with van der Waals surface area (Å²) >= 11 is 0. The molecular formula is C22H21N5O4. The summed E-state index contributed by atoms with van der Waals surface area (Å²) in [5.41, 5.74) is 0.641. The number of rotatable bonds is 4. The number of fused-ring (bicyclic) bond motifs is 1. The highest BCUT2D eigenvalue weighted by atomic mass is 16.3. The molecule has 0 amide bonds. The van der Waals surface area contributed by atoms with Gasteiger partial charge in [0.2, 0.25) is 5.82 Å². The van der Waals surface area contributed by atoms with Gasteiger partial charge in [0.25, 0.3) is 5.56 Å². The van der Waals surface area contributed by atoms with Gasteiger partial charge in [0.15, 0.2) is 17.3 Å². The molecule has 0 bridgehead atoms. The van der Waals surface area contributed by atoms with Crippen LogP contribution in [0.1, 0.15) is 37.3 Å². The Morgan fingerprint density at radius 1 is 1.03 bits per heavy atom.